The number of hydrogen-bond acceptors (Lipinski definition) is 6. The number of benzene rings is 1. The average molecular weight is 434 g/mol. The van der Waals surface area contributed by atoms with Gasteiger partial charge in [0.1, 0.15) is 6.04 Å². The maximum absolute atomic E-state index is 13.0. The number of ether oxygens (including phenoxy) is 1. The molecule has 0 aliphatic carbocycles. The van der Waals surface area contributed by atoms with Crippen molar-refractivity contribution in [2.75, 3.05) is 7.11 Å². The van der Waals surface area contributed by atoms with Crippen LogP contribution in [0.1, 0.15) is 18.4 Å². The molecule has 0 radical (unpaired) electrons. The van der Waals surface area contributed by atoms with Crippen molar-refractivity contribution in [3.8, 4) is 6.07 Å². The Morgan fingerprint density at radius 2 is 2.00 bits per heavy atom. The zero-order chi connectivity index (χ0) is 21.5. The van der Waals surface area contributed by atoms with Crippen LogP contribution in [0.25, 0.3) is 0 Å². The predicted octanol–water partition coefficient (Wildman–Crippen LogP) is 2.34. The predicted molar refractivity (Wildman–Crippen MR) is 106 cm³/mol. The van der Waals surface area contributed by atoms with E-state index in [0.717, 1.165) is 7.11 Å². The van der Waals surface area contributed by atoms with Crippen molar-refractivity contribution in [1.82, 2.24) is 4.90 Å². The molecule has 4 atom stereocenters. The summed E-state index contributed by atoms with van der Waals surface area (Å²) in [6.45, 7) is 1.37. The summed E-state index contributed by atoms with van der Waals surface area (Å²) < 4.78 is 4.96. The Morgan fingerprint density at radius 3 is 2.55 bits per heavy atom. The molecule has 2 aliphatic rings. The highest BCUT2D eigenvalue weighted by Gasteiger charge is 2.66. The van der Waals surface area contributed by atoms with Crippen LogP contribution in [0.4, 0.5) is 0 Å². The van der Waals surface area contributed by atoms with Gasteiger partial charge in [0.15, 0.2) is 11.2 Å². The van der Waals surface area contributed by atoms with Gasteiger partial charge in [0.25, 0.3) is 0 Å². The first-order valence-corrected chi connectivity index (χ1v) is 9.37. The molecular weight excluding hydrogens is 417 g/mol. The van der Waals surface area contributed by atoms with Gasteiger partial charge < -0.3 is 15.4 Å². The van der Waals surface area contributed by atoms with E-state index in [2.05, 4.69) is 6.07 Å². The van der Waals surface area contributed by atoms with Crippen LogP contribution in [0, 0.1) is 16.7 Å². The molecule has 1 aromatic carbocycles. The molecule has 2 aliphatic heterocycles. The summed E-state index contributed by atoms with van der Waals surface area (Å²) in [6, 6.07) is 4.75. The van der Waals surface area contributed by atoms with Crippen LogP contribution in [-0.4, -0.2) is 41.8 Å². The van der Waals surface area contributed by atoms with E-state index >= 15 is 0 Å². The molecule has 2 heterocycles. The van der Waals surface area contributed by atoms with Crippen molar-refractivity contribution in [2.24, 2.45) is 11.1 Å². The summed E-state index contributed by atoms with van der Waals surface area (Å²) in [4.78, 5) is 38.8. The number of nitrogens with two attached hydrogens (primary N) is 1. The molecule has 0 saturated carbocycles. The third-order valence-corrected chi connectivity index (χ3v) is 6.22. The second-order valence-corrected chi connectivity index (χ2v) is 7.62. The van der Waals surface area contributed by atoms with E-state index in [9.17, 15) is 19.6 Å². The summed E-state index contributed by atoms with van der Waals surface area (Å²) >= 11 is 12.6. The first-order chi connectivity index (χ1) is 13.7. The SMILES string of the molecule is COC(=O)[C@]1(C#N)[C@H](c2cccc(Cl)c2Cl)[C@H](C(N)=O)N2C=C(C(C)=O)C=C[C@H]21. The third kappa shape index (κ3) is 3.00. The van der Waals surface area contributed by atoms with Crippen molar-refractivity contribution < 1.29 is 19.1 Å². The lowest BCUT2D eigenvalue weighted by atomic mass is 9.68. The number of ketones is 1. The number of methoxy groups -OCH3 is 1. The second kappa shape index (κ2) is 7.54. The molecule has 0 spiro atoms. The summed E-state index contributed by atoms with van der Waals surface area (Å²) in [5, 5.41) is 10.5. The summed E-state index contributed by atoms with van der Waals surface area (Å²) in [6.07, 6.45) is 4.49. The summed E-state index contributed by atoms with van der Waals surface area (Å²) in [5.41, 5.74) is 4.48. The number of nitriles is 1. The van der Waals surface area contributed by atoms with Gasteiger partial charge in [-0.25, -0.2) is 0 Å². The second-order valence-electron chi connectivity index (χ2n) is 6.83. The van der Waals surface area contributed by atoms with E-state index in [1.807, 2.05) is 0 Å². The number of fused-ring (bicyclic) bond motifs is 1. The lowest BCUT2D eigenvalue weighted by Crippen LogP contribution is -2.45. The average Bonchev–Trinajstić information content (AvgIpc) is 2.99. The quantitative estimate of drug-likeness (QED) is 0.728. The standard InChI is InChI=1S/C20H17Cl2N3O4/c1-10(26)11-6-7-14-20(9-23,19(28)29-2)15(17(18(24)27)25(14)8-11)12-4-3-5-13(21)16(12)22/h3-8,14-15,17H,1-2H3,(H2,24,27)/t14-,15+,17+,20-/m0/s1. The van der Waals surface area contributed by atoms with Gasteiger partial charge in [-0.3, -0.25) is 14.4 Å². The van der Waals surface area contributed by atoms with Crippen LogP contribution in [0.2, 0.25) is 10.0 Å². The van der Waals surface area contributed by atoms with Crippen molar-refractivity contribution in [3.05, 3.63) is 57.7 Å². The number of primary amides is 1. The Labute approximate surface area is 177 Å². The number of allylic oxidation sites excluding steroid dienone is 2. The largest absolute Gasteiger partial charge is 0.468 e. The number of Topliss-reactive ketones (excluding diaryl/α,β-unsaturated/α-hetero) is 1. The van der Waals surface area contributed by atoms with Gasteiger partial charge >= 0.3 is 5.97 Å². The number of esters is 1. The lowest BCUT2D eigenvalue weighted by molar-refractivity contribution is -0.150. The van der Waals surface area contributed by atoms with Gasteiger partial charge in [-0.05, 0) is 18.6 Å². The van der Waals surface area contributed by atoms with Gasteiger partial charge in [0.2, 0.25) is 5.91 Å². The molecule has 9 heteroatoms. The van der Waals surface area contributed by atoms with Crippen LogP contribution in [0.5, 0.6) is 0 Å². The van der Waals surface area contributed by atoms with Gasteiger partial charge in [-0.15, -0.1) is 0 Å². The Bertz CT molecular complexity index is 1010. The first-order valence-electron chi connectivity index (χ1n) is 8.62. The maximum Gasteiger partial charge on any atom is 0.329 e. The van der Waals surface area contributed by atoms with Gasteiger partial charge in [0.05, 0.1) is 29.3 Å². The molecule has 7 nitrogen and oxygen atoms in total. The number of carbonyl (C=O) groups is 3. The molecular formula is C20H17Cl2N3O4. The fourth-order valence-corrected chi connectivity index (χ4v) is 4.54. The number of amides is 1. The molecule has 0 aromatic heterocycles. The summed E-state index contributed by atoms with van der Waals surface area (Å²) in [7, 11) is 1.16. The molecule has 1 fully saturated rings. The van der Waals surface area contributed by atoms with E-state index in [1.54, 1.807) is 18.2 Å². The minimum Gasteiger partial charge on any atom is -0.468 e. The Kier molecular flexibility index (Phi) is 5.44. The molecule has 0 bridgehead atoms. The molecule has 1 saturated heterocycles. The van der Waals surface area contributed by atoms with E-state index in [-0.39, 0.29) is 15.8 Å². The zero-order valence-electron chi connectivity index (χ0n) is 15.6. The lowest BCUT2D eigenvalue weighted by Gasteiger charge is -2.32. The summed E-state index contributed by atoms with van der Waals surface area (Å²) in [5.74, 6) is -2.95. The topological polar surface area (TPSA) is 113 Å². The highest BCUT2D eigenvalue weighted by Crippen LogP contribution is 2.55. The van der Waals surface area contributed by atoms with Crippen LogP contribution in [0.15, 0.2) is 42.1 Å². The van der Waals surface area contributed by atoms with Crippen LogP contribution >= 0.6 is 23.2 Å². The number of nitrogens with zero attached hydrogens (tertiary/aromatic N) is 2. The monoisotopic (exact) mass is 433 g/mol. The van der Waals surface area contributed by atoms with E-state index < -0.39 is 35.3 Å². The fourth-order valence-electron chi connectivity index (χ4n) is 4.12. The van der Waals surface area contributed by atoms with Crippen molar-refractivity contribution in [3.63, 3.8) is 0 Å². The Balaban J connectivity index is 2.36. The van der Waals surface area contributed by atoms with Crippen LogP contribution < -0.4 is 5.73 Å². The maximum atomic E-state index is 13.0. The Hall–Kier alpha value is -2.82. The number of hydrogen-bond donors (Lipinski definition) is 1. The number of carbonyl (C=O) groups excluding carboxylic acids is 3. The van der Waals surface area contributed by atoms with E-state index in [4.69, 9.17) is 33.7 Å². The van der Waals surface area contributed by atoms with Gasteiger partial charge in [0, 0.05) is 17.7 Å². The highest BCUT2D eigenvalue weighted by atomic mass is 35.5. The van der Waals surface area contributed by atoms with E-state index in [1.165, 1.54) is 30.2 Å². The molecule has 1 amide bonds. The third-order valence-electron chi connectivity index (χ3n) is 5.38. The smallest absolute Gasteiger partial charge is 0.329 e. The van der Waals surface area contributed by atoms with Crippen molar-refractivity contribution >= 4 is 40.9 Å². The van der Waals surface area contributed by atoms with E-state index in [0.29, 0.717) is 11.1 Å². The first kappa shape index (κ1) is 20.9. The molecule has 150 valence electrons. The van der Waals surface area contributed by atoms with Crippen molar-refractivity contribution in [2.45, 2.75) is 24.9 Å². The Morgan fingerprint density at radius 1 is 1.31 bits per heavy atom. The minimum absolute atomic E-state index is 0.105. The molecule has 0 unspecified atom stereocenters. The van der Waals surface area contributed by atoms with Crippen LogP contribution in [0.3, 0.4) is 0 Å². The fraction of sp³-hybridized carbons (Fsp3) is 0.300. The molecule has 2 N–H and O–H groups in total. The molecule has 29 heavy (non-hydrogen) atoms. The normalized spacial score (nSPS) is 27.6. The van der Waals surface area contributed by atoms with Crippen molar-refractivity contribution in [1.29, 1.82) is 5.26 Å². The zero-order valence-corrected chi connectivity index (χ0v) is 17.1. The molecule has 3 rings (SSSR count). The number of halogens is 2. The number of rotatable bonds is 4. The van der Waals surface area contributed by atoms with Gasteiger partial charge in [-0.2, -0.15) is 5.26 Å². The van der Waals surface area contributed by atoms with Gasteiger partial charge in [-0.1, -0.05) is 47.5 Å². The highest BCUT2D eigenvalue weighted by molar-refractivity contribution is 6.42. The van der Waals surface area contributed by atoms with Crippen LogP contribution in [-0.2, 0) is 19.1 Å². The molecule has 1 aromatic rings. The minimum atomic E-state index is -1.85.